The zero-order valence-corrected chi connectivity index (χ0v) is 8.24. The molecular weight excluding hydrogens is 212 g/mol. The van der Waals surface area contributed by atoms with Crippen LogP contribution in [0.3, 0.4) is 0 Å². The van der Waals surface area contributed by atoms with Gasteiger partial charge < -0.3 is 15.3 Å². The summed E-state index contributed by atoms with van der Waals surface area (Å²) in [6.45, 7) is 0. The molecule has 3 N–H and O–H groups in total. The highest BCUT2D eigenvalue weighted by atomic mass is 16.4. The summed E-state index contributed by atoms with van der Waals surface area (Å²) in [6.07, 6.45) is -2.01. The van der Waals surface area contributed by atoms with Crippen LogP contribution in [0.15, 0.2) is 18.3 Å². The van der Waals surface area contributed by atoms with Crippen LogP contribution in [0.25, 0.3) is 0 Å². The molecule has 0 amide bonds. The van der Waals surface area contributed by atoms with Crippen molar-refractivity contribution in [3.05, 3.63) is 29.6 Å². The molecule has 16 heavy (non-hydrogen) atoms. The molecule has 1 rings (SSSR count). The number of hydrogen-bond acceptors (Lipinski definition) is 5. The van der Waals surface area contributed by atoms with Crippen molar-refractivity contribution < 1.29 is 20.1 Å². The number of hydrogen-bond donors (Lipinski definition) is 3. The summed E-state index contributed by atoms with van der Waals surface area (Å²) in [5, 5.41) is 36.0. The molecule has 84 valence electrons. The minimum absolute atomic E-state index is 0.0964. The minimum Gasteiger partial charge on any atom is -0.481 e. The van der Waals surface area contributed by atoms with Crippen LogP contribution < -0.4 is 0 Å². The number of rotatable bonds is 4. The molecule has 2 unspecified atom stereocenters. The molecule has 6 heteroatoms. The number of pyridine rings is 1. The molecule has 6 nitrogen and oxygen atoms in total. The third-order valence-corrected chi connectivity index (χ3v) is 1.99. The zero-order valence-electron chi connectivity index (χ0n) is 8.24. The Morgan fingerprint density at radius 3 is 2.81 bits per heavy atom. The lowest BCUT2D eigenvalue weighted by atomic mass is 10.0. The van der Waals surface area contributed by atoms with Gasteiger partial charge in [-0.15, -0.1) is 0 Å². The number of carboxylic acid groups (broad SMARTS) is 1. The Morgan fingerprint density at radius 2 is 2.25 bits per heavy atom. The van der Waals surface area contributed by atoms with Crippen LogP contribution in [0, 0.1) is 11.3 Å². The SMILES string of the molecule is N#Cc1cc(C(O)C(O)CC(=O)O)ccn1. The predicted octanol–water partition coefficient (Wildman–Crippen LogP) is -0.178. The number of nitrogens with zero attached hydrogens (tertiary/aromatic N) is 2. The number of carboxylic acids is 1. The summed E-state index contributed by atoms with van der Waals surface area (Å²) in [7, 11) is 0. The highest BCUT2D eigenvalue weighted by molar-refractivity contribution is 5.67. The Morgan fingerprint density at radius 1 is 1.56 bits per heavy atom. The van der Waals surface area contributed by atoms with E-state index >= 15 is 0 Å². The van der Waals surface area contributed by atoms with Gasteiger partial charge in [-0.2, -0.15) is 5.26 Å². The second-order valence-corrected chi connectivity index (χ2v) is 3.20. The summed E-state index contributed by atoms with van der Waals surface area (Å²) >= 11 is 0. The maximum absolute atomic E-state index is 10.3. The lowest BCUT2D eigenvalue weighted by molar-refractivity contribution is -0.141. The van der Waals surface area contributed by atoms with Crippen molar-refractivity contribution in [3.63, 3.8) is 0 Å². The zero-order chi connectivity index (χ0) is 12.1. The van der Waals surface area contributed by atoms with E-state index in [4.69, 9.17) is 10.4 Å². The highest BCUT2D eigenvalue weighted by Gasteiger charge is 2.21. The monoisotopic (exact) mass is 222 g/mol. The number of nitriles is 1. The molecule has 0 fully saturated rings. The van der Waals surface area contributed by atoms with Gasteiger partial charge in [0.2, 0.25) is 0 Å². The van der Waals surface area contributed by atoms with Crippen molar-refractivity contribution in [1.29, 1.82) is 5.26 Å². The van der Waals surface area contributed by atoms with E-state index in [1.807, 2.05) is 0 Å². The van der Waals surface area contributed by atoms with E-state index in [0.717, 1.165) is 0 Å². The minimum atomic E-state index is -1.41. The first-order chi connectivity index (χ1) is 7.54. The van der Waals surface area contributed by atoms with Crippen LogP contribution >= 0.6 is 0 Å². The molecule has 0 aliphatic rings. The van der Waals surface area contributed by atoms with Gasteiger partial charge in [-0.05, 0) is 17.7 Å². The van der Waals surface area contributed by atoms with E-state index in [2.05, 4.69) is 4.98 Å². The van der Waals surface area contributed by atoms with Crippen molar-refractivity contribution in [2.45, 2.75) is 18.6 Å². The fourth-order valence-corrected chi connectivity index (χ4v) is 1.20. The smallest absolute Gasteiger partial charge is 0.306 e. The summed E-state index contributed by atoms with van der Waals surface area (Å²) < 4.78 is 0. The lowest BCUT2D eigenvalue weighted by Gasteiger charge is -2.16. The highest BCUT2D eigenvalue weighted by Crippen LogP contribution is 2.18. The van der Waals surface area contributed by atoms with Crippen molar-refractivity contribution >= 4 is 5.97 Å². The predicted molar refractivity (Wildman–Crippen MR) is 52.2 cm³/mol. The van der Waals surface area contributed by atoms with E-state index in [1.54, 1.807) is 6.07 Å². The molecule has 0 aromatic carbocycles. The molecule has 0 aliphatic carbocycles. The molecular formula is C10H10N2O4. The van der Waals surface area contributed by atoms with Gasteiger partial charge in [0.15, 0.2) is 0 Å². The van der Waals surface area contributed by atoms with Crippen LogP contribution in [0.2, 0.25) is 0 Å². The first-order valence-corrected chi connectivity index (χ1v) is 4.48. The Labute approximate surface area is 91.4 Å². The Kier molecular flexibility index (Phi) is 3.94. The standard InChI is InChI=1S/C10H10N2O4/c11-5-7-3-6(1-2-12-7)10(16)8(13)4-9(14)15/h1-3,8,10,13,16H,4H2,(H,14,15). The Bertz CT molecular complexity index is 427. The number of aromatic nitrogens is 1. The van der Waals surface area contributed by atoms with Gasteiger partial charge in [0.1, 0.15) is 17.9 Å². The van der Waals surface area contributed by atoms with Crippen molar-refractivity contribution in [1.82, 2.24) is 4.98 Å². The first kappa shape index (κ1) is 12.1. The maximum Gasteiger partial charge on any atom is 0.306 e. The topological polar surface area (TPSA) is 114 Å². The number of aliphatic hydroxyl groups is 2. The normalized spacial score (nSPS) is 13.8. The van der Waals surface area contributed by atoms with Crippen LogP contribution in [0.5, 0.6) is 0 Å². The maximum atomic E-state index is 10.3. The molecule has 1 aromatic rings. The van der Waals surface area contributed by atoms with Gasteiger partial charge in [0, 0.05) is 6.20 Å². The van der Waals surface area contributed by atoms with E-state index < -0.39 is 24.6 Å². The molecule has 0 spiro atoms. The molecule has 2 atom stereocenters. The van der Waals surface area contributed by atoms with Crippen LogP contribution in [0.1, 0.15) is 23.8 Å². The van der Waals surface area contributed by atoms with Gasteiger partial charge >= 0.3 is 5.97 Å². The van der Waals surface area contributed by atoms with E-state index in [-0.39, 0.29) is 11.3 Å². The van der Waals surface area contributed by atoms with Gasteiger partial charge in [0.05, 0.1) is 12.5 Å². The molecule has 0 aliphatic heterocycles. The molecule has 0 saturated carbocycles. The van der Waals surface area contributed by atoms with E-state index in [1.165, 1.54) is 18.3 Å². The van der Waals surface area contributed by atoms with Gasteiger partial charge in [0.25, 0.3) is 0 Å². The summed E-state index contributed by atoms with van der Waals surface area (Å²) in [4.78, 5) is 14.0. The van der Waals surface area contributed by atoms with Gasteiger partial charge in [-0.1, -0.05) is 0 Å². The average Bonchev–Trinajstić information content (AvgIpc) is 2.27. The average molecular weight is 222 g/mol. The summed E-state index contributed by atoms with van der Waals surface area (Å²) in [5.41, 5.74) is 0.361. The molecule has 0 radical (unpaired) electrons. The molecule has 0 bridgehead atoms. The molecule has 1 aromatic heterocycles. The quantitative estimate of drug-likeness (QED) is 0.651. The van der Waals surface area contributed by atoms with E-state index in [0.29, 0.717) is 0 Å². The van der Waals surface area contributed by atoms with Crippen LogP contribution in [-0.4, -0.2) is 32.4 Å². The number of aliphatic hydroxyl groups excluding tert-OH is 2. The second kappa shape index (κ2) is 5.21. The van der Waals surface area contributed by atoms with Crippen molar-refractivity contribution in [2.24, 2.45) is 0 Å². The van der Waals surface area contributed by atoms with Gasteiger partial charge in [-0.3, -0.25) is 4.79 Å². The third-order valence-electron chi connectivity index (χ3n) is 1.99. The van der Waals surface area contributed by atoms with Crippen LogP contribution in [-0.2, 0) is 4.79 Å². The summed E-state index contributed by atoms with van der Waals surface area (Å²) in [6, 6.07) is 4.50. The fourth-order valence-electron chi connectivity index (χ4n) is 1.20. The molecule has 1 heterocycles. The van der Waals surface area contributed by atoms with Gasteiger partial charge in [-0.25, -0.2) is 4.98 Å². The Balaban J connectivity index is 2.83. The number of carbonyl (C=O) groups is 1. The summed E-state index contributed by atoms with van der Waals surface area (Å²) in [5.74, 6) is -1.21. The largest absolute Gasteiger partial charge is 0.481 e. The van der Waals surface area contributed by atoms with E-state index in [9.17, 15) is 15.0 Å². The van der Waals surface area contributed by atoms with Crippen molar-refractivity contribution in [2.75, 3.05) is 0 Å². The molecule has 0 saturated heterocycles. The fraction of sp³-hybridized carbons (Fsp3) is 0.300. The first-order valence-electron chi connectivity index (χ1n) is 4.48. The second-order valence-electron chi connectivity index (χ2n) is 3.20. The Hall–Kier alpha value is -1.97. The number of aliphatic carboxylic acids is 1. The van der Waals surface area contributed by atoms with Crippen molar-refractivity contribution in [3.8, 4) is 6.07 Å². The van der Waals surface area contributed by atoms with Crippen LogP contribution in [0.4, 0.5) is 0 Å². The lowest BCUT2D eigenvalue weighted by Crippen LogP contribution is -2.21. The third kappa shape index (κ3) is 3.02.